The average molecular weight is 319 g/mol. The Hall–Kier alpha value is -0.820. The first-order chi connectivity index (χ1) is 9.45. The van der Waals surface area contributed by atoms with Crippen LogP contribution >= 0.6 is 0 Å². The lowest BCUT2D eigenvalue weighted by atomic mass is 9.47. The van der Waals surface area contributed by atoms with E-state index in [1.165, 1.54) is 4.90 Å². The molecule has 1 aliphatic carbocycles. The van der Waals surface area contributed by atoms with E-state index in [9.17, 15) is 13.2 Å². The van der Waals surface area contributed by atoms with Gasteiger partial charge in [-0.15, -0.1) is 0 Å². The van der Waals surface area contributed by atoms with Crippen molar-refractivity contribution in [3.8, 4) is 0 Å². The largest absolute Gasteiger partial charge is 0.465 e. The first kappa shape index (κ1) is 16.5. The highest BCUT2D eigenvalue weighted by Gasteiger charge is 2.60. The summed E-state index contributed by atoms with van der Waals surface area (Å²) in [5.41, 5.74) is -0.0570. The topological polar surface area (TPSA) is 83.9 Å². The third-order valence-electron chi connectivity index (χ3n) is 4.90. The first-order valence-corrected chi connectivity index (χ1v) is 9.12. The molecule has 2 fully saturated rings. The molecule has 7 heteroatoms. The van der Waals surface area contributed by atoms with Gasteiger partial charge in [-0.05, 0) is 36.0 Å². The molecule has 0 radical (unpaired) electrons. The van der Waals surface area contributed by atoms with E-state index in [2.05, 4.69) is 20.8 Å². The van der Waals surface area contributed by atoms with Crippen molar-refractivity contribution in [3.05, 3.63) is 0 Å². The minimum Gasteiger partial charge on any atom is -0.465 e. The predicted molar refractivity (Wildman–Crippen MR) is 78.5 cm³/mol. The number of nitrogens with zero attached hydrogens (tertiary/aromatic N) is 1. The quantitative estimate of drug-likeness (QED) is 0.789. The second-order valence-electron chi connectivity index (χ2n) is 7.52. The summed E-state index contributed by atoms with van der Waals surface area (Å²) in [5, 5.41) is 9.05. The Labute approximate surface area is 126 Å². The van der Waals surface area contributed by atoms with Crippen molar-refractivity contribution in [1.82, 2.24) is 4.90 Å². The number of carboxylic acid groups (broad SMARTS) is 1. The second kappa shape index (κ2) is 5.12. The second-order valence-corrected chi connectivity index (χ2v) is 9.12. The van der Waals surface area contributed by atoms with Gasteiger partial charge in [0.2, 0.25) is 0 Å². The Balaban J connectivity index is 2.13. The Morgan fingerprint density at radius 2 is 1.81 bits per heavy atom. The van der Waals surface area contributed by atoms with Crippen molar-refractivity contribution in [2.45, 2.75) is 46.1 Å². The molecule has 122 valence electrons. The zero-order chi connectivity index (χ0) is 16.1. The number of piperidine rings is 1. The molecule has 0 bridgehead atoms. The van der Waals surface area contributed by atoms with E-state index in [1.54, 1.807) is 0 Å². The van der Waals surface area contributed by atoms with Gasteiger partial charge in [0.15, 0.2) is 0 Å². The van der Waals surface area contributed by atoms with Crippen LogP contribution in [0.2, 0.25) is 0 Å². The van der Waals surface area contributed by atoms with E-state index in [0.717, 1.165) is 19.1 Å². The van der Waals surface area contributed by atoms with Gasteiger partial charge in [-0.1, -0.05) is 20.8 Å². The van der Waals surface area contributed by atoms with Crippen LogP contribution in [-0.4, -0.2) is 50.0 Å². The highest BCUT2D eigenvalue weighted by molar-refractivity contribution is 7.86. The van der Waals surface area contributed by atoms with Crippen LogP contribution in [-0.2, 0) is 14.3 Å². The zero-order valence-corrected chi connectivity index (χ0v) is 13.9. The van der Waals surface area contributed by atoms with Crippen molar-refractivity contribution in [3.63, 3.8) is 0 Å². The van der Waals surface area contributed by atoms with E-state index in [1.807, 2.05) is 0 Å². The van der Waals surface area contributed by atoms with Gasteiger partial charge in [-0.3, -0.25) is 4.18 Å². The number of hydrogen-bond acceptors (Lipinski definition) is 4. The maximum absolute atomic E-state index is 11.4. The minimum atomic E-state index is -3.46. The molecule has 1 amide bonds. The highest BCUT2D eigenvalue weighted by Crippen LogP contribution is 2.61. The van der Waals surface area contributed by atoms with Crippen LogP contribution in [0.3, 0.4) is 0 Å². The van der Waals surface area contributed by atoms with Crippen LogP contribution in [0.15, 0.2) is 0 Å². The maximum atomic E-state index is 11.4. The van der Waals surface area contributed by atoms with Gasteiger partial charge in [-0.2, -0.15) is 8.42 Å². The van der Waals surface area contributed by atoms with Crippen molar-refractivity contribution in [1.29, 1.82) is 0 Å². The summed E-state index contributed by atoms with van der Waals surface area (Å²) < 4.78 is 28.1. The molecule has 2 unspecified atom stereocenters. The Kier molecular flexibility index (Phi) is 4.04. The molecule has 1 saturated carbocycles. The van der Waals surface area contributed by atoms with Crippen LogP contribution in [0.25, 0.3) is 0 Å². The minimum absolute atomic E-state index is 0.0134. The van der Waals surface area contributed by atoms with Crippen molar-refractivity contribution in [2.75, 3.05) is 19.3 Å². The number of hydrogen-bond donors (Lipinski definition) is 1. The summed E-state index contributed by atoms with van der Waals surface area (Å²) in [6, 6.07) is 0. The lowest BCUT2D eigenvalue weighted by molar-refractivity contribution is -0.162. The van der Waals surface area contributed by atoms with E-state index in [0.29, 0.717) is 19.5 Å². The molecule has 6 nitrogen and oxygen atoms in total. The molecular formula is C14H25NO5S. The third-order valence-corrected chi connectivity index (χ3v) is 5.50. The summed E-state index contributed by atoms with van der Waals surface area (Å²) in [4.78, 5) is 12.5. The fourth-order valence-corrected chi connectivity index (χ4v) is 4.96. The molecular weight excluding hydrogens is 294 g/mol. The van der Waals surface area contributed by atoms with Gasteiger partial charge < -0.3 is 10.0 Å². The molecule has 2 aliphatic rings. The van der Waals surface area contributed by atoms with Gasteiger partial charge in [0.25, 0.3) is 10.1 Å². The SMILES string of the molecule is CC(C)(C)C1C(OS(C)(=O)=O)CC12CCN(C(=O)O)CC2. The average Bonchev–Trinajstić information content (AvgIpc) is 2.23. The lowest BCUT2D eigenvalue weighted by Gasteiger charge is -2.61. The van der Waals surface area contributed by atoms with Crippen molar-refractivity contribution in [2.24, 2.45) is 16.7 Å². The molecule has 1 aliphatic heterocycles. The molecule has 21 heavy (non-hydrogen) atoms. The zero-order valence-electron chi connectivity index (χ0n) is 13.1. The summed E-state index contributed by atoms with van der Waals surface area (Å²) in [5.74, 6) is 0.135. The Morgan fingerprint density at radius 3 is 2.19 bits per heavy atom. The standard InChI is InChI=1S/C14H25NO5S/c1-13(2,3)11-10(20-21(4,18)19)9-14(11)5-7-15(8-6-14)12(16)17/h10-11H,5-9H2,1-4H3,(H,16,17). The van der Waals surface area contributed by atoms with E-state index < -0.39 is 16.2 Å². The van der Waals surface area contributed by atoms with Gasteiger partial charge in [0, 0.05) is 13.1 Å². The van der Waals surface area contributed by atoms with Gasteiger partial charge in [-0.25, -0.2) is 4.79 Å². The molecule has 1 N–H and O–H groups in total. The van der Waals surface area contributed by atoms with Gasteiger partial charge in [0.05, 0.1) is 12.4 Å². The van der Waals surface area contributed by atoms with E-state index in [4.69, 9.17) is 9.29 Å². The fraction of sp³-hybridized carbons (Fsp3) is 0.929. The van der Waals surface area contributed by atoms with Crippen molar-refractivity contribution < 1.29 is 22.5 Å². The monoisotopic (exact) mass is 319 g/mol. The van der Waals surface area contributed by atoms with E-state index >= 15 is 0 Å². The summed E-state index contributed by atoms with van der Waals surface area (Å²) in [6.07, 6.45) is 2.20. The highest BCUT2D eigenvalue weighted by atomic mass is 32.2. The number of likely N-dealkylation sites (tertiary alicyclic amines) is 1. The predicted octanol–water partition coefficient (Wildman–Crippen LogP) is 2.16. The Morgan fingerprint density at radius 1 is 1.29 bits per heavy atom. The summed E-state index contributed by atoms with van der Waals surface area (Å²) in [7, 11) is -3.46. The maximum Gasteiger partial charge on any atom is 0.407 e. The van der Waals surface area contributed by atoms with Crippen LogP contribution in [0.4, 0.5) is 4.79 Å². The molecule has 0 aromatic carbocycles. The molecule has 0 aromatic rings. The van der Waals surface area contributed by atoms with Gasteiger partial charge >= 0.3 is 6.09 Å². The molecule has 2 atom stereocenters. The molecule has 1 spiro atoms. The smallest absolute Gasteiger partial charge is 0.407 e. The molecule has 1 saturated heterocycles. The van der Waals surface area contributed by atoms with Crippen LogP contribution < -0.4 is 0 Å². The summed E-state index contributed by atoms with van der Waals surface area (Å²) >= 11 is 0. The lowest BCUT2D eigenvalue weighted by Crippen LogP contribution is -2.62. The summed E-state index contributed by atoms with van der Waals surface area (Å²) in [6.45, 7) is 7.34. The van der Waals surface area contributed by atoms with Gasteiger partial charge in [0.1, 0.15) is 0 Å². The fourth-order valence-electron chi connectivity index (χ4n) is 4.33. The third kappa shape index (κ3) is 3.34. The molecule has 0 aromatic heterocycles. The van der Waals surface area contributed by atoms with Crippen molar-refractivity contribution >= 4 is 16.2 Å². The Bertz CT molecular complexity index is 514. The van der Waals surface area contributed by atoms with Crippen LogP contribution in [0.5, 0.6) is 0 Å². The number of amides is 1. The molecule has 1 heterocycles. The van der Waals surface area contributed by atoms with E-state index in [-0.39, 0.29) is 22.9 Å². The first-order valence-electron chi connectivity index (χ1n) is 7.31. The molecule has 2 rings (SSSR count). The number of rotatable bonds is 2. The van der Waals surface area contributed by atoms with Crippen LogP contribution in [0, 0.1) is 16.7 Å². The normalized spacial score (nSPS) is 29.2. The number of carbonyl (C=O) groups is 1. The van der Waals surface area contributed by atoms with Crippen LogP contribution in [0.1, 0.15) is 40.0 Å².